The number of unbranched alkanes of at least 4 members (excludes halogenated alkanes) is 2. The van der Waals surface area contributed by atoms with E-state index in [1.807, 2.05) is 0 Å². The van der Waals surface area contributed by atoms with Crippen LogP contribution in [0.1, 0.15) is 49.4 Å². The van der Waals surface area contributed by atoms with Crippen LogP contribution in [0.5, 0.6) is 5.75 Å². The third-order valence-corrected chi connectivity index (χ3v) is 4.62. The van der Waals surface area contributed by atoms with E-state index in [2.05, 4.69) is 12.2 Å². The second-order valence-corrected chi connectivity index (χ2v) is 7.34. The van der Waals surface area contributed by atoms with Crippen LogP contribution in [-0.4, -0.2) is 25.1 Å². The molecule has 2 aromatic rings. The van der Waals surface area contributed by atoms with Gasteiger partial charge < -0.3 is 14.8 Å². The first-order valence-corrected chi connectivity index (χ1v) is 10.4. The van der Waals surface area contributed by atoms with E-state index in [0.717, 1.165) is 19.3 Å². The highest BCUT2D eigenvalue weighted by atomic mass is 35.5. The molecule has 0 bridgehead atoms. The summed E-state index contributed by atoms with van der Waals surface area (Å²) < 4.78 is 10.8. The highest BCUT2D eigenvalue weighted by Crippen LogP contribution is 2.27. The Morgan fingerprint density at radius 2 is 1.72 bits per heavy atom. The summed E-state index contributed by atoms with van der Waals surface area (Å²) in [6.45, 7) is 2.88. The Bertz CT molecular complexity index is 809. The molecule has 0 atom stereocenters. The van der Waals surface area contributed by atoms with Crippen molar-refractivity contribution < 1.29 is 19.1 Å². The van der Waals surface area contributed by atoms with Crippen molar-refractivity contribution in [2.75, 3.05) is 18.5 Å². The number of carbonyl (C=O) groups is 2. The molecule has 1 N–H and O–H groups in total. The molecule has 7 heteroatoms. The molecule has 0 aliphatic heterocycles. The number of amides is 1. The lowest BCUT2D eigenvalue weighted by atomic mass is 10.2. The lowest BCUT2D eigenvalue weighted by Gasteiger charge is -2.09. The van der Waals surface area contributed by atoms with Crippen LogP contribution in [0, 0.1) is 0 Å². The number of nitrogens with one attached hydrogen (secondary N) is 1. The topological polar surface area (TPSA) is 64.6 Å². The van der Waals surface area contributed by atoms with Gasteiger partial charge in [0, 0.05) is 17.1 Å². The number of carbonyl (C=O) groups excluding carboxylic acids is 2. The summed E-state index contributed by atoms with van der Waals surface area (Å²) >= 11 is 11.9. The highest BCUT2D eigenvalue weighted by Gasteiger charge is 2.08. The second kappa shape index (κ2) is 12.3. The molecule has 0 saturated heterocycles. The fourth-order valence-corrected chi connectivity index (χ4v) is 2.98. The lowest BCUT2D eigenvalue weighted by molar-refractivity contribution is -0.116. The van der Waals surface area contributed by atoms with Crippen LogP contribution in [0.3, 0.4) is 0 Å². The van der Waals surface area contributed by atoms with Crippen molar-refractivity contribution in [1.82, 2.24) is 0 Å². The van der Waals surface area contributed by atoms with Crippen molar-refractivity contribution in [3.63, 3.8) is 0 Å². The fourth-order valence-electron chi connectivity index (χ4n) is 2.52. The first kappa shape index (κ1) is 23.0. The minimum atomic E-state index is -0.350. The molecule has 0 spiro atoms. The summed E-state index contributed by atoms with van der Waals surface area (Å²) in [5.41, 5.74) is 1.09. The number of halogens is 2. The summed E-state index contributed by atoms with van der Waals surface area (Å²) in [6.07, 6.45) is 3.81. The van der Waals surface area contributed by atoms with Gasteiger partial charge in [0.05, 0.1) is 23.8 Å². The van der Waals surface area contributed by atoms with E-state index < -0.39 is 0 Å². The van der Waals surface area contributed by atoms with Gasteiger partial charge in [0.25, 0.3) is 0 Å². The fraction of sp³-hybridized carbons (Fsp3) is 0.364. The van der Waals surface area contributed by atoms with Gasteiger partial charge in [-0.15, -0.1) is 0 Å². The van der Waals surface area contributed by atoms with Crippen LogP contribution in [0.15, 0.2) is 42.5 Å². The number of anilines is 1. The van der Waals surface area contributed by atoms with Gasteiger partial charge >= 0.3 is 5.97 Å². The van der Waals surface area contributed by atoms with Gasteiger partial charge in [-0.2, -0.15) is 0 Å². The molecule has 0 fully saturated rings. The van der Waals surface area contributed by atoms with E-state index in [4.69, 9.17) is 32.7 Å². The number of ether oxygens (including phenoxy) is 2. The van der Waals surface area contributed by atoms with Crippen molar-refractivity contribution in [3.05, 3.63) is 58.1 Å². The third kappa shape index (κ3) is 8.34. The Morgan fingerprint density at radius 3 is 2.41 bits per heavy atom. The van der Waals surface area contributed by atoms with Gasteiger partial charge in [-0.05, 0) is 55.3 Å². The van der Waals surface area contributed by atoms with E-state index in [9.17, 15) is 9.59 Å². The zero-order valence-corrected chi connectivity index (χ0v) is 17.9. The zero-order chi connectivity index (χ0) is 21.1. The van der Waals surface area contributed by atoms with E-state index in [-0.39, 0.29) is 11.9 Å². The van der Waals surface area contributed by atoms with Crippen LogP contribution >= 0.6 is 23.2 Å². The van der Waals surface area contributed by atoms with Crippen LogP contribution in [0.2, 0.25) is 10.0 Å². The summed E-state index contributed by atoms with van der Waals surface area (Å²) in [6, 6.07) is 11.7. The van der Waals surface area contributed by atoms with E-state index >= 15 is 0 Å². The molecule has 156 valence electrons. The quantitative estimate of drug-likeness (QED) is 0.338. The molecule has 0 aliphatic rings. The maximum absolute atomic E-state index is 12.1. The van der Waals surface area contributed by atoms with Gasteiger partial charge in [-0.1, -0.05) is 43.0 Å². The smallest absolute Gasteiger partial charge is 0.338 e. The number of esters is 1. The Balaban J connectivity index is 1.70. The molecule has 5 nitrogen and oxygen atoms in total. The monoisotopic (exact) mass is 437 g/mol. The highest BCUT2D eigenvalue weighted by molar-refractivity contribution is 6.35. The van der Waals surface area contributed by atoms with Gasteiger partial charge in [-0.3, -0.25) is 4.79 Å². The molecule has 0 aromatic heterocycles. The number of benzene rings is 2. The van der Waals surface area contributed by atoms with Gasteiger partial charge in [0.1, 0.15) is 5.75 Å². The van der Waals surface area contributed by atoms with E-state index in [1.54, 1.807) is 42.5 Å². The Hall–Kier alpha value is -2.24. The maximum Gasteiger partial charge on any atom is 0.338 e. The second-order valence-electron chi connectivity index (χ2n) is 6.50. The molecule has 2 aromatic carbocycles. The minimum Gasteiger partial charge on any atom is -0.492 e. The summed E-state index contributed by atoms with van der Waals surface area (Å²) in [5, 5.41) is 3.77. The van der Waals surface area contributed by atoms with Crippen LogP contribution in [0.4, 0.5) is 5.69 Å². The first-order valence-electron chi connectivity index (χ1n) is 9.64. The summed E-state index contributed by atoms with van der Waals surface area (Å²) in [4.78, 5) is 24.0. The van der Waals surface area contributed by atoms with Crippen molar-refractivity contribution in [2.45, 2.75) is 39.0 Å². The molecular weight excluding hydrogens is 413 g/mol. The summed E-state index contributed by atoms with van der Waals surface area (Å²) in [5.74, 6) is 0.0522. The van der Waals surface area contributed by atoms with Crippen molar-refractivity contribution >= 4 is 40.8 Å². The summed E-state index contributed by atoms with van der Waals surface area (Å²) in [7, 11) is 0. The standard InChI is InChI=1S/C22H25Cl2NO4/c1-2-3-4-13-29-22(27)16-7-10-18(11-8-16)25-21(26)6-5-14-28-20-12-9-17(23)15-19(20)24/h7-12,15H,2-6,13-14H2,1H3,(H,25,26). The first-order chi connectivity index (χ1) is 14.0. The molecule has 0 heterocycles. The van der Waals surface area contributed by atoms with Crippen molar-refractivity contribution in [3.8, 4) is 5.75 Å². The lowest BCUT2D eigenvalue weighted by Crippen LogP contribution is -2.13. The average Bonchev–Trinajstić information content (AvgIpc) is 2.70. The molecule has 2 rings (SSSR count). The predicted octanol–water partition coefficient (Wildman–Crippen LogP) is 6.14. The van der Waals surface area contributed by atoms with E-state index in [1.165, 1.54) is 0 Å². The Labute approximate surface area is 181 Å². The third-order valence-electron chi connectivity index (χ3n) is 4.09. The van der Waals surface area contributed by atoms with Crippen LogP contribution < -0.4 is 10.1 Å². The molecule has 29 heavy (non-hydrogen) atoms. The maximum atomic E-state index is 12.1. The Kier molecular flexibility index (Phi) is 9.81. The largest absolute Gasteiger partial charge is 0.492 e. The molecular formula is C22H25Cl2NO4. The minimum absolute atomic E-state index is 0.134. The number of hydrogen-bond donors (Lipinski definition) is 1. The van der Waals surface area contributed by atoms with Crippen molar-refractivity contribution in [1.29, 1.82) is 0 Å². The average molecular weight is 438 g/mol. The zero-order valence-electron chi connectivity index (χ0n) is 16.4. The molecule has 0 saturated carbocycles. The molecule has 0 radical (unpaired) electrons. The van der Waals surface area contributed by atoms with Gasteiger partial charge in [-0.25, -0.2) is 4.79 Å². The number of hydrogen-bond acceptors (Lipinski definition) is 4. The van der Waals surface area contributed by atoms with Crippen LogP contribution in [0.25, 0.3) is 0 Å². The van der Waals surface area contributed by atoms with Gasteiger partial charge in [0.15, 0.2) is 0 Å². The molecule has 1 amide bonds. The SMILES string of the molecule is CCCCCOC(=O)c1ccc(NC(=O)CCCOc2ccc(Cl)cc2Cl)cc1. The van der Waals surface area contributed by atoms with Crippen LogP contribution in [-0.2, 0) is 9.53 Å². The van der Waals surface area contributed by atoms with E-state index in [0.29, 0.717) is 53.1 Å². The molecule has 0 unspecified atom stereocenters. The Morgan fingerprint density at radius 1 is 0.966 bits per heavy atom. The number of rotatable bonds is 11. The normalized spacial score (nSPS) is 10.4. The van der Waals surface area contributed by atoms with Gasteiger partial charge in [0.2, 0.25) is 5.91 Å². The molecule has 0 aliphatic carbocycles. The van der Waals surface area contributed by atoms with Crippen molar-refractivity contribution in [2.24, 2.45) is 0 Å². The predicted molar refractivity (Wildman–Crippen MR) is 116 cm³/mol.